The topological polar surface area (TPSA) is 32.9 Å². The van der Waals surface area contributed by atoms with Crippen molar-refractivity contribution in [2.24, 2.45) is 0 Å². The molecule has 0 fully saturated rings. The lowest BCUT2D eigenvalue weighted by Gasteiger charge is -2.00. The molecule has 0 atom stereocenters. The Morgan fingerprint density at radius 2 is 1.80 bits per heavy atom. The van der Waals surface area contributed by atoms with Gasteiger partial charge >= 0.3 is 0 Å². The van der Waals surface area contributed by atoms with Crippen LogP contribution in [0, 0.1) is 0 Å². The minimum atomic E-state index is -0.121. The predicted molar refractivity (Wildman–Crippen MR) is 60.7 cm³/mol. The highest BCUT2D eigenvalue weighted by Crippen LogP contribution is 2.20. The third kappa shape index (κ3) is 2.22. The molecule has 2 rings (SSSR count). The molecule has 4 heteroatoms. The molecule has 0 radical (unpaired) electrons. The van der Waals surface area contributed by atoms with E-state index in [0.29, 0.717) is 21.3 Å². The third-order valence-electron chi connectivity index (χ3n) is 1.97. The van der Waals surface area contributed by atoms with Gasteiger partial charge in [-0.1, -0.05) is 23.2 Å². The predicted octanol–water partition coefficient (Wildman–Crippen LogP) is 3.55. The Hall–Kier alpha value is -1.25. The Balaban J connectivity index is 2.42. The number of nitrogens with one attached hydrogen (secondary N) is 1. The van der Waals surface area contributed by atoms with Crippen LogP contribution in [0.4, 0.5) is 0 Å². The molecule has 0 unspecified atom stereocenters. The van der Waals surface area contributed by atoms with Gasteiger partial charge in [0, 0.05) is 21.8 Å². The van der Waals surface area contributed by atoms with Crippen LogP contribution in [0.2, 0.25) is 10.0 Å². The van der Waals surface area contributed by atoms with E-state index >= 15 is 0 Å². The molecule has 0 aliphatic carbocycles. The first-order valence-electron chi connectivity index (χ1n) is 4.31. The zero-order valence-electron chi connectivity index (χ0n) is 7.63. The lowest BCUT2D eigenvalue weighted by Crippen LogP contribution is -2.01. The highest BCUT2D eigenvalue weighted by molar-refractivity contribution is 6.35. The van der Waals surface area contributed by atoms with E-state index in [2.05, 4.69) is 4.98 Å². The number of carbonyl (C=O) groups excluding carboxylic acids is 1. The molecular formula is C11H7Cl2NO. The van der Waals surface area contributed by atoms with Gasteiger partial charge in [-0.25, -0.2) is 0 Å². The van der Waals surface area contributed by atoms with Crippen molar-refractivity contribution in [3.8, 4) is 0 Å². The number of rotatable bonds is 2. The fraction of sp³-hybridized carbons (Fsp3) is 0. The van der Waals surface area contributed by atoms with Crippen LogP contribution in [0.1, 0.15) is 16.1 Å². The first kappa shape index (κ1) is 10.3. The molecule has 15 heavy (non-hydrogen) atoms. The number of carbonyl (C=O) groups is 1. The molecule has 0 saturated heterocycles. The van der Waals surface area contributed by atoms with Crippen LogP contribution in [0.25, 0.3) is 0 Å². The number of hydrogen-bond acceptors (Lipinski definition) is 1. The summed E-state index contributed by atoms with van der Waals surface area (Å²) in [7, 11) is 0. The summed E-state index contributed by atoms with van der Waals surface area (Å²) in [5.74, 6) is -0.121. The largest absolute Gasteiger partial charge is 0.359 e. The van der Waals surface area contributed by atoms with E-state index in [1.54, 1.807) is 36.5 Å². The summed E-state index contributed by atoms with van der Waals surface area (Å²) < 4.78 is 0. The van der Waals surface area contributed by atoms with Crippen molar-refractivity contribution < 1.29 is 4.79 Å². The van der Waals surface area contributed by atoms with E-state index in [4.69, 9.17) is 23.2 Å². The second-order valence-corrected chi connectivity index (χ2v) is 3.94. The number of aromatic amines is 1. The Morgan fingerprint density at radius 3 is 2.33 bits per heavy atom. The van der Waals surface area contributed by atoms with Crippen molar-refractivity contribution in [3.05, 3.63) is 57.8 Å². The molecule has 0 spiro atoms. The van der Waals surface area contributed by atoms with Gasteiger partial charge in [-0.05, 0) is 30.3 Å². The van der Waals surface area contributed by atoms with Crippen LogP contribution >= 0.6 is 23.2 Å². The van der Waals surface area contributed by atoms with E-state index < -0.39 is 0 Å². The van der Waals surface area contributed by atoms with E-state index in [9.17, 15) is 4.79 Å². The first-order chi connectivity index (χ1) is 7.16. The lowest BCUT2D eigenvalue weighted by atomic mass is 10.1. The molecule has 1 N–H and O–H groups in total. The number of hydrogen-bond donors (Lipinski definition) is 1. The monoisotopic (exact) mass is 239 g/mol. The van der Waals surface area contributed by atoms with Crippen LogP contribution in [0.3, 0.4) is 0 Å². The van der Waals surface area contributed by atoms with Crippen LogP contribution in [0.5, 0.6) is 0 Å². The van der Waals surface area contributed by atoms with E-state index in [0.717, 1.165) is 0 Å². The van der Waals surface area contributed by atoms with Gasteiger partial charge in [0.05, 0.1) is 5.69 Å². The van der Waals surface area contributed by atoms with Gasteiger partial charge in [-0.3, -0.25) is 4.79 Å². The maximum Gasteiger partial charge on any atom is 0.209 e. The van der Waals surface area contributed by atoms with Crippen LogP contribution in [0.15, 0.2) is 36.5 Å². The third-order valence-corrected chi connectivity index (χ3v) is 2.40. The van der Waals surface area contributed by atoms with Crippen molar-refractivity contribution in [2.45, 2.75) is 0 Å². The first-order valence-corrected chi connectivity index (χ1v) is 5.06. The summed E-state index contributed by atoms with van der Waals surface area (Å²) in [6.45, 7) is 0. The van der Waals surface area contributed by atoms with E-state index in [-0.39, 0.29) is 5.78 Å². The van der Waals surface area contributed by atoms with E-state index in [1.807, 2.05) is 0 Å². The summed E-state index contributed by atoms with van der Waals surface area (Å²) in [5, 5.41) is 0.912. The Morgan fingerprint density at radius 1 is 1.13 bits per heavy atom. The van der Waals surface area contributed by atoms with Gasteiger partial charge in [0.1, 0.15) is 0 Å². The number of benzene rings is 1. The number of aromatic nitrogens is 1. The van der Waals surface area contributed by atoms with Crippen molar-refractivity contribution in [3.63, 3.8) is 0 Å². The number of halogens is 2. The normalized spacial score (nSPS) is 10.3. The standard InChI is InChI=1S/C11H7Cl2NO/c12-8-4-7(5-9(13)6-8)11(15)10-2-1-3-14-10/h1-6,14H. The molecule has 1 aromatic carbocycles. The lowest BCUT2D eigenvalue weighted by molar-refractivity contribution is 0.103. The highest BCUT2D eigenvalue weighted by Gasteiger charge is 2.10. The van der Waals surface area contributed by atoms with Gasteiger partial charge in [0.15, 0.2) is 0 Å². The second-order valence-electron chi connectivity index (χ2n) is 3.07. The smallest absolute Gasteiger partial charge is 0.209 e. The van der Waals surface area contributed by atoms with Gasteiger partial charge in [0.2, 0.25) is 5.78 Å². The summed E-state index contributed by atoms with van der Waals surface area (Å²) in [5.41, 5.74) is 1.00. The molecule has 2 nitrogen and oxygen atoms in total. The van der Waals surface area contributed by atoms with Gasteiger partial charge in [0.25, 0.3) is 0 Å². The Labute approximate surface area is 96.8 Å². The van der Waals surface area contributed by atoms with Crippen LogP contribution in [-0.2, 0) is 0 Å². The highest BCUT2D eigenvalue weighted by atomic mass is 35.5. The van der Waals surface area contributed by atoms with Gasteiger partial charge in [-0.2, -0.15) is 0 Å². The average Bonchev–Trinajstić information content (AvgIpc) is 2.67. The molecule has 1 aromatic heterocycles. The molecule has 0 amide bonds. The molecule has 1 heterocycles. The quantitative estimate of drug-likeness (QED) is 0.800. The summed E-state index contributed by atoms with van der Waals surface area (Å²) in [4.78, 5) is 14.7. The fourth-order valence-electron chi connectivity index (χ4n) is 1.31. The summed E-state index contributed by atoms with van der Waals surface area (Å²) >= 11 is 11.6. The van der Waals surface area contributed by atoms with Crippen LogP contribution in [-0.4, -0.2) is 10.8 Å². The average molecular weight is 240 g/mol. The Kier molecular flexibility index (Phi) is 2.80. The van der Waals surface area contributed by atoms with Crippen molar-refractivity contribution >= 4 is 29.0 Å². The van der Waals surface area contributed by atoms with Crippen LogP contribution < -0.4 is 0 Å². The molecule has 0 aliphatic heterocycles. The molecular weight excluding hydrogens is 233 g/mol. The zero-order chi connectivity index (χ0) is 10.8. The second kappa shape index (κ2) is 4.09. The molecule has 0 bridgehead atoms. The number of ketones is 1. The van der Waals surface area contributed by atoms with Gasteiger partial charge < -0.3 is 4.98 Å². The van der Waals surface area contributed by atoms with Crippen molar-refractivity contribution in [1.29, 1.82) is 0 Å². The Bertz CT molecular complexity index is 471. The molecule has 2 aromatic rings. The van der Waals surface area contributed by atoms with E-state index in [1.165, 1.54) is 0 Å². The molecule has 0 saturated carbocycles. The van der Waals surface area contributed by atoms with Gasteiger partial charge in [-0.15, -0.1) is 0 Å². The maximum absolute atomic E-state index is 11.9. The maximum atomic E-state index is 11.9. The minimum absolute atomic E-state index is 0.121. The summed E-state index contributed by atoms with van der Waals surface area (Å²) in [6, 6.07) is 8.25. The minimum Gasteiger partial charge on any atom is -0.359 e. The molecule has 76 valence electrons. The van der Waals surface area contributed by atoms with Crippen molar-refractivity contribution in [1.82, 2.24) is 4.98 Å². The van der Waals surface area contributed by atoms with Crippen molar-refractivity contribution in [2.75, 3.05) is 0 Å². The summed E-state index contributed by atoms with van der Waals surface area (Å²) in [6.07, 6.45) is 1.69. The zero-order valence-corrected chi connectivity index (χ0v) is 9.14. The fourth-order valence-corrected chi connectivity index (χ4v) is 1.84. The SMILES string of the molecule is O=C(c1cc(Cl)cc(Cl)c1)c1ccc[nH]1. The number of H-pyrrole nitrogens is 1. The molecule has 0 aliphatic rings.